The highest BCUT2D eigenvalue weighted by Crippen LogP contribution is 2.48. The lowest BCUT2D eigenvalue weighted by atomic mass is 9.93. The predicted molar refractivity (Wildman–Crippen MR) is 178 cm³/mol. The summed E-state index contributed by atoms with van der Waals surface area (Å²) in [4.78, 5) is 26.4. The maximum atomic E-state index is 16.9. The number of amides is 1. The summed E-state index contributed by atoms with van der Waals surface area (Å²) in [6.07, 6.45) is 4.80. The van der Waals surface area contributed by atoms with Gasteiger partial charge >= 0.3 is 18.1 Å². The number of anilines is 1. The van der Waals surface area contributed by atoms with Crippen LogP contribution in [-0.4, -0.2) is 95.5 Å². The molecule has 4 aromatic rings. The van der Waals surface area contributed by atoms with Crippen LogP contribution < -0.4 is 9.64 Å². The number of alkyl halides is 3. The van der Waals surface area contributed by atoms with Gasteiger partial charge in [0, 0.05) is 66.3 Å². The van der Waals surface area contributed by atoms with E-state index in [1.807, 2.05) is 0 Å². The van der Waals surface area contributed by atoms with Gasteiger partial charge < -0.3 is 24.4 Å². The van der Waals surface area contributed by atoms with Gasteiger partial charge in [-0.25, -0.2) is 4.39 Å². The number of carbonyl (C=O) groups is 1. The van der Waals surface area contributed by atoms with Crippen LogP contribution >= 0.6 is 0 Å². The van der Waals surface area contributed by atoms with Crippen molar-refractivity contribution in [2.75, 3.05) is 51.3 Å². The quantitative estimate of drug-likeness (QED) is 0.188. The molecule has 0 radical (unpaired) electrons. The van der Waals surface area contributed by atoms with Gasteiger partial charge in [-0.3, -0.25) is 9.69 Å². The number of carbonyl (C=O) groups excluding carboxylic acids is 1. The molecule has 9 nitrogen and oxygen atoms in total. The monoisotopic (exact) mass is 687 g/mol. The molecule has 3 aliphatic heterocycles. The van der Waals surface area contributed by atoms with E-state index < -0.39 is 23.9 Å². The Morgan fingerprint density at radius 2 is 1.92 bits per heavy atom. The molecule has 4 aliphatic rings. The number of hydrogen-bond donors (Lipinski definition) is 1. The van der Waals surface area contributed by atoms with Crippen molar-refractivity contribution in [1.82, 2.24) is 19.8 Å². The van der Waals surface area contributed by atoms with Crippen molar-refractivity contribution in [3.63, 3.8) is 0 Å². The number of likely N-dealkylation sites (tertiary alicyclic amines) is 1. The van der Waals surface area contributed by atoms with Crippen molar-refractivity contribution in [1.29, 1.82) is 0 Å². The molecule has 2 bridgehead atoms. The molecule has 2 saturated heterocycles. The minimum Gasteiger partial charge on any atom is -0.508 e. The number of ether oxygens (including phenoxy) is 2. The third-order valence-corrected chi connectivity index (χ3v) is 10.3. The largest absolute Gasteiger partial charge is 0.508 e. The van der Waals surface area contributed by atoms with Gasteiger partial charge in [-0.2, -0.15) is 23.1 Å². The highest BCUT2D eigenvalue weighted by Gasteiger charge is 2.50. The maximum absolute atomic E-state index is 16.9. The molecule has 1 aromatic heterocycles. The number of phenols is 1. The van der Waals surface area contributed by atoms with Crippen LogP contribution in [0.5, 0.6) is 11.8 Å². The molecule has 8 rings (SSSR count). The third kappa shape index (κ3) is 5.56. The van der Waals surface area contributed by atoms with Crippen LogP contribution in [0.15, 0.2) is 54.2 Å². The number of rotatable bonds is 8. The lowest BCUT2D eigenvalue weighted by Crippen LogP contribution is -2.54. The predicted octanol–water partition coefficient (Wildman–Crippen LogP) is 5.63. The summed E-state index contributed by atoms with van der Waals surface area (Å²) in [5.74, 6) is 0.254. The smallest absolute Gasteiger partial charge is 0.471 e. The fraction of sp³-hybridized carbons (Fsp3) is 0.378. The number of aromatic hydroxyl groups is 1. The van der Waals surface area contributed by atoms with Crippen LogP contribution in [0.25, 0.3) is 32.8 Å². The standard InChI is InChI=1S/C37H33F4N5O4/c1-3-21-5-4-6-22-13-25(47)14-29(30(21)22)27-9-10-28-32(31(27)38)42-35(50-20-36(11-12-36)19-44-17-26(18-44)49-2)43-33(28)45-15-23-7-8-24(16-45)46(23)34(48)37(39,40)41/h1,4-7,9-10,13-14,24,26,47H,8,11-12,15-20H2,2H3. The second kappa shape index (κ2) is 11.8. The van der Waals surface area contributed by atoms with Crippen molar-refractivity contribution in [3.05, 3.63) is 65.6 Å². The number of hydrogen-bond acceptors (Lipinski definition) is 8. The number of fused-ring (bicyclic) bond motifs is 4. The van der Waals surface area contributed by atoms with Crippen molar-refractivity contribution in [3.8, 4) is 35.2 Å². The van der Waals surface area contributed by atoms with Gasteiger partial charge in [0.1, 0.15) is 17.1 Å². The van der Waals surface area contributed by atoms with Gasteiger partial charge in [-0.05, 0) is 54.5 Å². The van der Waals surface area contributed by atoms with Gasteiger partial charge in [0.05, 0.1) is 25.3 Å². The van der Waals surface area contributed by atoms with Crippen molar-refractivity contribution >= 4 is 33.4 Å². The fourth-order valence-corrected chi connectivity index (χ4v) is 7.52. The molecule has 3 aromatic carbocycles. The lowest BCUT2D eigenvalue weighted by Gasteiger charge is -2.40. The fourth-order valence-electron chi connectivity index (χ4n) is 7.52. The summed E-state index contributed by atoms with van der Waals surface area (Å²) >= 11 is 0. The number of aromatic nitrogens is 2. The molecule has 1 N–H and O–H groups in total. The summed E-state index contributed by atoms with van der Waals surface area (Å²) in [5, 5.41) is 12.1. The molecule has 1 aliphatic carbocycles. The van der Waals surface area contributed by atoms with E-state index in [4.69, 9.17) is 20.9 Å². The minimum atomic E-state index is -5.01. The van der Waals surface area contributed by atoms with Crippen molar-refractivity contribution < 1.29 is 36.9 Å². The zero-order valence-corrected chi connectivity index (χ0v) is 27.1. The Morgan fingerprint density at radius 1 is 1.12 bits per heavy atom. The minimum absolute atomic E-state index is 0.0407. The molecule has 1 unspecified atom stereocenters. The van der Waals surface area contributed by atoms with E-state index in [1.165, 1.54) is 6.07 Å². The first-order valence-electron chi connectivity index (χ1n) is 16.4. The van der Waals surface area contributed by atoms with Crippen LogP contribution in [0.1, 0.15) is 24.8 Å². The number of benzene rings is 3. The normalized spacial score (nSPS) is 20.2. The van der Waals surface area contributed by atoms with E-state index in [-0.39, 0.29) is 65.4 Å². The molecule has 3 fully saturated rings. The topological polar surface area (TPSA) is 91.3 Å². The zero-order valence-electron chi connectivity index (χ0n) is 27.1. The number of terminal acetylenes is 1. The summed E-state index contributed by atoms with van der Waals surface area (Å²) < 4.78 is 68.9. The van der Waals surface area contributed by atoms with Crippen LogP contribution in [-0.2, 0) is 9.53 Å². The zero-order chi connectivity index (χ0) is 34.9. The Morgan fingerprint density at radius 3 is 2.62 bits per heavy atom. The molecular weight excluding hydrogens is 654 g/mol. The number of piperazine rings is 1. The van der Waals surface area contributed by atoms with Gasteiger partial charge in [-0.15, -0.1) is 6.42 Å². The van der Waals surface area contributed by atoms with E-state index in [1.54, 1.807) is 54.5 Å². The van der Waals surface area contributed by atoms with Crippen molar-refractivity contribution in [2.24, 2.45) is 5.41 Å². The summed E-state index contributed by atoms with van der Waals surface area (Å²) in [6.45, 7) is 2.80. The average Bonchev–Trinajstić information content (AvgIpc) is 3.80. The summed E-state index contributed by atoms with van der Waals surface area (Å²) in [6, 6.07) is 10.7. The Hall–Kier alpha value is -4.93. The Labute approximate surface area is 285 Å². The second-order valence-electron chi connectivity index (χ2n) is 13.7. The van der Waals surface area contributed by atoms with Crippen LogP contribution in [0.3, 0.4) is 0 Å². The third-order valence-electron chi connectivity index (χ3n) is 10.3. The molecule has 1 amide bonds. The van der Waals surface area contributed by atoms with Gasteiger partial charge in [0.15, 0.2) is 5.82 Å². The number of nitrogens with zero attached hydrogens (tertiary/aromatic N) is 5. The number of methoxy groups -OCH3 is 1. The first kappa shape index (κ1) is 32.3. The highest BCUT2D eigenvalue weighted by atomic mass is 19.4. The van der Waals surface area contributed by atoms with E-state index in [0.29, 0.717) is 33.9 Å². The summed E-state index contributed by atoms with van der Waals surface area (Å²) in [5.41, 5.74) is 1.10. The van der Waals surface area contributed by atoms with Crippen LogP contribution in [0.2, 0.25) is 0 Å². The molecule has 13 heteroatoms. The number of phenolic OH excluding ortho intramolecular Hbond substituents is 1. The van der Waals surface area contributed by atoms with Gasteiger partial charge in [0.2, 0.25) is 0 Å². The van der Waals surface area contributed by atoms with E-state index in [9.17, 15) is 23.1 Å². The molecule has 0 spiro atoms. The number of halogens is 4. The van der Waals surface area contributed by atoms with E-state index in [2.05, 4.69) is 15.8 Å². The Kier molecular flexibility index (Phi) is 7.65. The van der Waals surface area contributed by atoms with Crippen LogP contribution in [0, 0.1) is 23.6 Å². The molecule has 50 heavy (non-hydrogen) atoms. The molecular formula is C37H33F4N5O4. The highest BCUT2D eigenvalue weighted by molar-refractivity contribution is 6.04. The van der Waals surface area contributed by atoms with Gasteiger partial charge in [-0.1, -0.05) is 30.2 Å². The van der Waals surface area contributed by atoms with E-state index in [0.717, 1.165) is 37.4 Å². The first-order valence-corrected chi connectivity index (χ1v) is 16.4. The van der Waals surface area contributed by atoms with E-state index >= 15 is 4.39 Å². The molecule has 258 valence electrons. The second-order valence-corrected chi connectivity index (χ2v) is 13.7. The van der Waals surface area contributed by atoms with Gasteiger partial charge in [0.25, 0.3) is 0 Å². The Balaban J connectivity index is 1.19. The van der Waals surface area contributed by atoms with Crippen molar-refractivity contribution in [2.45, 2.75) is 37.6 Å². The first-order chi connectivity index (χ1) is 24.0. The SMILES string of the molecule is C#Cc1cccc2cc(O)cc(-c3ccc4c(N5CC6=CCC(C5)N6C(=O)C(F)(F)F)nc(OCC5(CN6CC(OC)C6)CC5)nc4c3F)c12. The van der Waals surface area contributed by atoms with Crippen LogP contribution in [0.4, 0.5) is 23.4 Å². The Bertz CT molecular complexity index is 2120. The molecule has 1 atom stereocenters. The maximum Gasteiger partial charge on any atom is 0.471 e. The summed E-state index contributed by atoms with van der Waals surface area (Å²) in [7, 11) is 1.70. The molecule has 1 saturated carbocycles. The lowest BCUT2D eigenvalue weighted by molar-refractivity contribution is -0.185. The average molecular weight is 688 g/mol. The molecule has 4 heterocycles.